The van der Waals surface area contributed by atoms with Crippen LogP contribution in [0.1, 0.15) is 34.8 Å². The summed E-state index contributed by atoms with van der Waals surface area (Å²) in [6, 6.07) is 8.54. The number of nitrogens with zero attached hydrogens (tertiary/aromatic N) is 2. The van der Waals surface area contributed by atoms with Crippen LogP contribution in [-0.2, 0) is 11.3 Å². The van der Waals surface area contributed by atoms with Crippen molar-refractivity contribution in [3.05, 3.63) is 59.4 Å². The molecule has 7 heteroatoms. The SMILES string of the molecule is C/C(CC(=O)NCc1cccnc1)=N\NC(=O)c1cccc(C)c1O. The maximum Gasteiger partial charge on any atom is 0.275 e. The molecule has 2 rings (SSSR count). The van der Waals surface area contributed by atoms with Gasteiger partial charge in [-0.25, -0.2) is 5.43 Å². The van der Waals surface area contributed by atoms with E-state index in [1.54, 1.807) is 44.4 Å². The van der Waals surface area contributed by atoms with E-state index in [-0.39, 0.29) is 23.6 Å². The van der Waals surface area contributed by atoms with Crippen molar-refractivity contribution < 1.29 is 14.7 Å². The second-order valence-corrected chi connectivity index (χ2v) is 5.57. The third-order valence-corrected chi connectivity index (χ3v) is 3.46. The molecule has 0 aliphatic rings. The Morgan fingerprint density at radius 2 is 2.04 bits per heavy atom. The van der Waals surface area contributed by atoms with Crippen LogP contribution in [0.3, 0.4) is 0 Å². The first kappa shape index (κ1) is 18.1. The summed E-state index contributed by atoms with van der Waals surface area (Å²) in [5.74, 6) is -0.823. The number of rotatable bonds is 6. The summed E-state index contributed by atoms with van der Waals surface area (Å²) in [4.78, 5) is 27.9. The van der Waals surface area contributed by atoms with E-state index >= 15 is 0 Å². The summed E-state index contributed by atoms with van der Waals surface area (Å²) in [5, 5.41) is 16.5. The van der Waals surface area contributed by atoms with Gasteiger partial charge in [-0.2, -0.15) is 5.10 Å². The molecule has 0 bridgehead atoms. The Morgan fingerprint density at radius 3 is 2.76 bits per heavy atom. The molecule has 0 saturated carbocycles. The predicted octanol–water partition coefficient (Wildman–Crippen LogP) is 1.91. The fourth-order valence-corrected chi connectivity index (χ4v) is 2.09. The van der Waals surface area contributed by atoms with Crippen molar-refractivity contribution in [3.63, 3.8) is 0 Å². The highest BCUT2D eigenvalue weighted by molar-refractivity contribution is 6.01. The zero-order valence-corrected chi connectivity index (χ0v) is 14.1. The van der Waals surface area contributed by atoms with Crippen LogP contribution in [0.15, 0.2) is 47.8 Å². The monoisotopic (exact) mass is 340 g/mol. The number of aryl methyl sites for hydroxylation is 1. The number of pyridine rings is 1. The first-order valence-corrected chi connectivity index (χ1v) is 7.75. The molecule has 0 aliphatic carbocycles. The number of phenols is 1. The van der Waals surface area contributed by atoms with Gasteiger partial charge in [-0.05, 0) is 37.1 Å². The average Bonchev–Trinajstić information content (AvgIpc) is 2.61. The molecule has 2 aromatic rings. The molecule has 0 aliphatic heterocycles. The lowest BCUT2D eigenvalue weighted by atomic mass is 10.1. The summed E-state index contributed by atoms with van der Waals surface area (Å²) in [6.45, 7) is 3.72. The lowest BCUT2D eigenvalue weighted by molar-refractivity contribution is -0.120. The number of hydrogen-bond acceptors (Lipinski definition) is 5. The van der Waals surface area contributed by atoms with Gasteiger partial charge in [0.1, 0.15) is 5.75 Å². The zero-order chi connectivity index (χ0) is 18.2. The van der Waals surface area contributed by atoms with Crippen molar-refractivity contribution in [2.45, 2.75) is 26.8 Å². The molecule has 25 heavy (non-hydrogen) atoms. The Morgan fingerprint density at radius 1 is 1.24 bits per heavy atom. The highest BCUT2D eigenvalue weighted by Crippen LogP contribution is 2.20. The van der Waals surface area contributed by atoms with Gasteiger partial charge in [-0.1, -0.05) is 18.2 Å². The smallest absolute Gasteiger partial charge is 0.275 e. The Hall–Kier alpha value is -3.22. The molecule has 0 unspecified atom stereocenters. The van der Waals surface area contributed by atoms with Gasteiger partial charge in [0.05, 0.1) is 12.0 Å². The first-order chi connectivity index (χ1) is 12.0. The maximum atomic E-state index is 12.0. The maximum absolute atomic E-state index is 12.0. The minimum absolute atomic E-state index is 0.0559. The average molecular weight is 340 g/mol. The summed E-state index contributed by atoms with van der Waals surface area (Å²) in [7, 11) is 0. The van der Waals surface area contributed by atoms with Gasteiger partial charge in [-0.3, -0.25) is 14.6 Å². The van der Waals surface area contributed by atoms with Gasteiger partial charge in [0.15, 0.2) is 0 Å². The molecule has 130 valence electrons. The number of para-hydroxylation sites is 1. The number of carbonyl (C=O) groups excluding carboxylic acids is 2. The minimum atomic E-state index is -0.531. The van der Waals surface area contributed by atoms with Crippen LogP contribution in [0.2, 0.25) is 0 Å². The second kappa shape index (κ2) is 8.58. The molecule has 0 spiro atoms. The summed E-state index contributed by atoms with van der Waals surface area (Å²) in [6.07, 6.45) is 3.40. The molecule has 2 amide bonds. The Bertz CT molecular complexity index is 788. The first-order valence-electron chi connectivity index (χ1n) is 7.75. The number of aromatic hydroxyl groups is 1. The van der Waals surface area contributed by atoms with E-state index in [1.165, 1.54) is 6.07 Å². The lowest BCUT2D eigenvalue weighted by Crippen LogP contribution is -2.26. The van der Waals surface area contributed by atoms with E-state index in [0.717, 1.165) is 5.56 Å². The summed E-state index contributed by atoms with van der Waals surface area (Å²) >= 11 is 0. The lowest BCUT2D eigenvalue weighted by Gasteiger charge is -2.07. The fraction of sp³-hybridized carbons (Fsp3) is 0.222. The summed E-state index contributed by atoms with van der Waals surface area (Å²) < 4.78 is 0. The standard InChI is InChI=1S/C18H20N4O3/c1-12-5-3-7-15(17(12)24)18(25)22-21-13(2)9-16(23)20-11-14-6-4-8-19-10-14/h3-8,10,24H,9,11H2,1-2H3,(H,20,23)(H,22,25)/b21-13+. The zero-order valence-electron chi connectivity index (χ0n) is 14.1. The molecule has 7 nitrogen and oxygen atoms in total. The molecule has 0 radical (unpaired) electrons. The van der Waals surface area contributed by atoms with E-state index in [1.807, 2.05) is 6.07 Å². The third kappa shape index (κ3) is 5.42. The van der Waals surface area contributed by atoms with E-state index in [0.29, 0.717) is 17.8 Å². The van der Waals surface area contributed by atoms with E-state index in [9.17, 15) is 14.7 Å². The molecule has 0 saturated heterocycles. The molecule has 0 atom stereocenters. The van der Waals surface area contributed by atoms with Gasteiger partial charge in [0.2, 0.25) is 5.91 Å². The Kier molecular flexibility index (Phi) is 6.22. The molecule has 1 heterocycles. The van der Waals surface area contributed by atoms with Gasteiger partial charge >= 0.3 is 0 Å². The van der Waals surface area contributed by atoms with Crippen LogP contribution in [0.5, 0.6) is 5.75 Å². The van der Waals surface area contributed by atoms with Crippen molar-refractivity contribution in [3.8, 4) is 5.75 Å². The minimum Gasteiger partial charge on any atom is -0.507 e. The van der Waals surface area contributed by atoms with Gasteiger partial charge in [0, 0.05) is 24.7 Å². The number of hydrogen-bond donors (Lipinski definition) is 3. The molecular formula is C18H20N4O3. The molecule has 1 aromatic carbocycles. The van der Waals surface area contributed by atoms with Crippen LogP contribution in [0.25, 0.3) is 0 Å². The number of benzene rings is 1. The van der Waals surface area contributed by atoms with Crippen LogP contribution in [0.4, 0.5) is 0 Å². The number of carbonyl (C=O) groups is 2. The van der Waals surface area contributed by atoms with Crippen molar-refractivity contribution in [1.82, 2.24) is 15.7 Å². The fourth-order valence-electron chi connectivity index (χ4n) is 2.09. The van der Waals surface area contributed by atoms with Crippen molar-refractivity contribution in [2.24, 2.45) is 5.10 Å². The molecule has 1 aromatic heterocycles. The van der Waals surface area contributed by atoms with Gasteiger partial charge in [-0.15, -0.1) is 0 Å². The number of nitrogens with one attached hydrogen (secondary N) is 2. The normalized spacial score (nSPS) is 11.0. The van der Waals surface area contributed by atoms with Gasteiger partial charge in [0.25, 0.3) is 5.91 Å². The third-order valence-electron chi connectivity index (χ3n) is 3.46. The number of hydrazone groups is 1. The number of phenolic OH excluding ortho intramolecular Hbond substituents is 1. The number of aromatic nitrogens is 1. The Balaban J connectivity index is 1.85. The van der Waals surface area contributed by atoms with Crippen molar-refractivity contribution in [2.75, 3.05) is 0 Å². The van der Waals surface area contributed by atoms with E-state index in [4.69, 9.17) is 0 Å². The number of amides is 2. The largest absolute Gasteiger partial charge is 0.507 e. The quantitative estimate of drug-likeness (QED) is 0.552. The van der Waals surface area contributed by atoms with Gasteiger partial charge < -0.3 is 10.4 Å². The van der Waals surface area contributed by atoms with Crippen LogP contribution < -0.4 is 10.7 Å². The Labute approximate surface area is 145 Å². The molecule has 0 fully saturated rings. The van der Waals surface area contributed by atoms with Crippen LogP contribution in [-0.4, -0.2) is 27.6 Å². The summed E-state index contributed by atoms with van der Waals surface area (Å²) in [5.41, 5.74) is 4.43. The topological polar surface area (TPSA) is 104 Å². The van der Waals surface area contributed by atoms with Crippen LogP contribution >= 0.6 is 0 Å². The second-order valence-electron chi connectivity index (χ2n) is 5.57. The highest BCUT2D eigenvalue weighted by atomic mass is 16.3. The van der Waals surface area contributed by atoms with E-state index < -0.39 is 5.91 Å². The highest BCUT2D eigenvalue weighted by Gasteiger charge is 2.12. The van der Waals surface area contributed by atoms with Crippen LogP contribution in [0, 0.1) is 6.92 Å². The predicted molar refractivity (Wildman–Crippen MR) is 94.1 cm³/mol. The molecule has 3 N–H and O–H groups in total. The van der Waals surface area contributed by atoms with Crippen molar-refractivity contribution in [1.29, 1.82) is 0 Å². The van der Waals surface area contributed by atoms with E-state index in [2.05, 4.69) is 20.8 Å². The van der Waals surface area contributed by atoms with Crippen molar-refractivity contribution >= 4 is 17.5 Å². The molecular weight excluding hydrogens is 320 g/mol.